The SMILES string of the molecule is CCC[C@@H](C)N(C)CC(=O)Nc1ccsc1C(=O)OC. The fourth-order valence-corrected chi connectivity index (χ4v) is 2.63. The number of carbonyl (C=O) groups is 2. The van der Waals surface area contributed by atoms with E-state index in [1.165, 1.54) is 18.4 Å². The van der Waals surface area contributed by atoms with Gasteiger partial charge in [0.25, 0.3) is 0 Å². The maximum atomic E-state index is 12.0. The third kappa shape index (κ3) is 4.61. The van der Waals surface area contributed by atoms with Crippen LogP contribution in [0.1, 0.15) is 36.4 Å². The zero-order valence-electron chi connectivity index (χ0n) is 12.4. The second-order valence-electron chi connectivity index (χ2n) is 4.76. The van der Waals surface area contributed by atoms with Gasteiger partial charge in [0.15, 0.2) is 0 Å². The maximum absolute atomic E-state index is 12.0. The molecule has 0 saturated heterocycles. The molecule has 20 heavy (non-hydrogen) atoms. The van der Waals surface area contributed by atoms with Crippen LogP contribution in [-0.4, -0.2) is 43.5 Å². The van der Waals surface area contributed by atoms with Crippen LogP contribution < -0.4 is 5.32 Å². The van der Waals surface area contributed by atoms with E-state index in [4.69, 9.17) is 0 Å². The van der Waals surface area contributed by atoms with Crippen molar-refractivity contribution in [1.82, 2.24) is 4.90 Å². The van der Waals surface area contributed by atoms with Crippen molar-refractivity contribution in [2.75, 3.05) is 26.0 Å². The van der Waals surface area contributed by atoms with Gasteiger partial charge in [-0.25, -0.2) is 4.79 Å². The van der Waals surface area contributed by atoms with Crippen LogP contribution in [0.3, 0.4) is 0 Å². The van der Waals surface area contributed by atoms with Crippen LogP contribution in [0, 0.1) is 0 Å². The third-order valence-corrected chi connectivity index (χ3v) is 4.06. The summed E-state index contributed by atoms with van der Waals surface area (Å²) in [4.78, 5) is 25.9. The fourth-order valence-electron chi connectivity index (χ4n) is 1.87. The zero-order chi connectivity index (χ0) is 15.1. The Morgan fingerprint density at radius 1 is 1.50 bits per heavy atom. The van der Waals surface area contributed by atoms with E-state index in [0.717, 1.165) is 12.8 Å². The van der Waals surface area contributed by atoms with Crippen molar-refractivity contribution < 1.29 is 14.3 Å². The van der Waals surface area contributed by atoms with Crippen molar-refractivity contribution in [3.8, 4) is 0 Å². The summed E-state index contributed by atoms with van der Waals surface area (Å²) in [6, 6.07) is 2.07. The molecule has 0 aliphatic carbocycles. The van der Waals surface area contributed by atoms with E-state index >= 15 is 0 Å². The monoisotopic (exact) mass is 298 g/mol. The average molecular weight is 298 g/mol. The largest absolute Gasteiger partial charge is 0.465 e. The fraction of sp³-hybridized carbons (Fsp3) is 0.571. The number of thiophene rings is 1. The molecule has 1 atom stereocenters. The highest BCUT2D eigenvalue weighted by Crippen LogP contribution is 2.23. The van der Waals surface area contributed by atoms with E-state index < -0.39 is 5.97 Å². The third-order valence-electron chi connectivity index (χ3n) is 3.16. The molecule has 5 nitrogen and oxygen atoms in total. The number of rotatable bonds is 7. The number of nitrogens with zero attached hydrogens (tertiary/aromatic N) is 1. The molecule has 0 aliphatic heterocycles. The molecule has 0 bridgehead atoms. The summed E-state index contributed by atoms with van der Waals surface area (Å²) in [6.07, 6.45) is 2.14. The van der Waals surface area contributed by atoms with Gasteiger partial charge in [-0.1, -0.05) is 13.3 Å². The van der Waals surface area contributed by atoms with Crippen LogP contribution in [0.2, 0.25) is 0 Å². The topological polar surface area (TPSA) is 58.6 Å². The lowest BCUT2D eigenvalue weighted by molar-refractivity contribution is -0.117. The molecule has 0 aliphatic rings. The predicted molar refractivity (Wildman–Crippen MR) is 81.3 cm³/mol. The molecule has 1 heterocycles. The van der Waals surface area contributed by atoms with Gasteiger partial charge in [-0.15, -0.1) is 11.3 Å². The summed E-state index contributed by atoms with van der Waals surface area (Å²) in [5.41, 5.74) is 0.517. The molecular formula is C14H22N2O3S. The summed E-state index contributed by atoms with van der Waals surface area (Å²) in [7, 11) is 3.25. The quantitative estimate of drug-likeness (QED) is 0.786. The summed E-state index contributed by atoms with van der Waals surface area (Å²) in [5.74, 6) is -0.554. The standard InChI is InChI=1S/C14H22N2O3S/c1-5-6-10(2)16(3)9-12(17)15-11-7-8-20-13(11)14(18)19-4/h7-8,10H,5-6,9H2,1-4H3,(H,15,17)/t10-/m1/s1. The van der Waals surface area contributed by atoms with Crippen LogP contribution >= 0.6 is 11.3 Å². The number of methoxy groups -OCH3 is 1. The minimum atomic E-state index is -0.428. The summed E-state index contributed by atoms with van der Waals surface area (Å²) >= 11 is 1.25. The number of likely N-dealkylation sites (N-methyl/N-ethyl adjacent to an activating group) is 1. The van der Waals surface area contributed by atoms with E-state index in [-0.39, 0.29) is 5.91 Å². The van der Waals surface area contributed by atoms with Gasteiger partial charge in [0.1, 0.15) is 4.88 Å². The van der Waals surface area contributed by atoms with Crippen molar-refractivity contribution in [3.63, 3.8) is 0 Å². The number of anilines is 1. The van der Waals surface area contributed by atoms with E-state index in [0.29, 0.717) is 23.2 Å². The molecule has 0 spiro atoms. The van der Waals surface area contributed by atoms with Crippen molar-refractivity contribution in [2.24, 2.45) is 0 Å². The molecule has 0 radical (unpaired) electrons. The Balaban J connectivity index is 2.59. The molecule has 0 fully saturated rings. The Kier molecular flexibility index (Phi) is 6.67. The number of amides is 1. The van der Waals surface area contributed by atoms with Crippen LogP contribution in [0.5, 0.6) is 0 Å². The normalized spacial score (nSPS) is 12.2. The first-order chi connectivity index (χ1) is 9.49. The Morgan fingerprint density at radius 2 is 2.20 bits per heavy atom. The number of esters is 1. The molecule has 112 valence electrons. The van der Waals surface area contributed by atoms with Gasteiger partial charge >= 0.3 is 5.97 Å². The first-order valence-corrected chi connectivity index (χ1v) is 7.53. The van der Waals surface area contributed by atoms with Gasteiger partial charge in [-0.2, -0.15) is 0 Å². The van der Waals surface area contributed by atoms with E-state index in [9.17, 15) is 9.59 Å². The average Bonchev–Trinajstić information content (AvgIpc) is 2.85. The molecule has 1 rings (SSSR count). The van der Waals surface area contributed by atoms with Crippen LogP contribution in [0.15, 0.2) is 11.4 Å². The smallest absolute Gasteiger partial charge is 0.350 e. The molecule has 1 aromatic rings. The summed E-state index contributed by atoms with van der Waals surface area (Å²) in [6.45, 7) is 4.53. The number of ether oxygens (including phenoxy) is 1. The van der Waals surface area contributed by atoms with Crippen LogP contribution in [0.4, 0.5) is 5.69 Å². The van der Waals surface area contributed by atoms with E-state index in [1.807, 2.05) is 11.9 Å². The lowest BCUT2D eigenvalue weighted by Gasteiger charge is -2.23. The first kappa shape index (κ1) is 16.7. The Hall–Kier alpha value is -1.40. The minimum absolute atomic E-state index is 0.126. The van der Waals surface area contributed by atoms with Crippen molar-refractivity contribution in [2.45, 2.75) is 32.7 Å². The van der Waals surface area contributed by atoms with Gasteiger partial charge in [-0.05, 0) is 31.8 Å². The molecule has 0 saturated carbocycles. The Bertz CT molecular complexity index is 459. The highest BCUT2D eigenvalue weighted by molar-refractivity contribution is 7.12. The number of nitrogens with one attached hydrogen (secondary N) is 1. The predicted octanol–water partition coefficient (Wildman–Crippen LogP) is 2.59. The van der Waals surface area contributed by atoms with Crippen molar-refractivity contribution >= 4 is 28.9 Å². The molecule has 1 N–H and O–H groups in total. The first-order valence-electron chi connectivity index (χ1n) is 6.65. The molecule has 1 amide bonds. The maximum Gasteiger partial charge on any atom is 0.350 e. The molecule has 6 heteroatoms. The minimum Gasteiger partial charge on any atom is -0.465 e. The van der Waals surface area contributed by atoms with E-state index in [1.54, 1.807) is 11.4 Å². The Morgan fingerprint density at radius 3 is 2.80 bits per heavy atom. The Labute approximate surface area is 123 Å². The lowest BCUT2D eigenvalue weighted by Crippen LogP contribution is -2.36. The molecule has 1 aromatic heterocycles. The lowest BCUT2D eigenvalue weighted by atomic mass is 10.2. The molecule has 0 aromatic carbocycles. The van der Waals surface area contributed by atoms with Gasteiger partial charge < -0.3 is 10.1 Å². The number of hydrogen-bond donors (Lipinski definition) is 1. The molecule has 0 unspecified atom stereocenters. The summed E-state index contributed by atoms with van der Waals surface area (Å²) in [5, 5.41) is 4.52. The van der Waals surface area contributed by atoms with Gasteiger partial charge in [0.2, 0.25) is 5.91 Å². The van der Waals surface area contributed by atoms with E-state index in [2.05, 4.69) is 23.9 Å². The van der Waals surface area contributed by atoms with Crippen molar-refractivity contribution in [3.05, 3.63) is 16.3 Å². The van der Waals surface area contributed by atoms with Gasteiger partial charge in [-0.3, -0.25) is 9.69 Å². The van der Waals surface area contributed by atoms with Gasteiger partial charge in [0.05, 0.1) is 19.3 Å². The zero-order valence-corrected chi connectivity index (χ0v) is 13.3. The second-order valence-corrected chi connectivity index (χ2v) is 5.67. The second kappa shape index (κ2) is 8.01. The van der Waals surface area contributed by atoms with Crippen LogP contribution in [0.25, 0.3) is 0 Å². The number of hydrogen-bond acceptors (Lipinski definition) is 5. The molecular weight excluding hydrogens is 276 g/mol. The highest BCUT2D eigenvalue weighted by atomic mass is 32.1. The van der Waals surface area contributed by atoms with Crippen molar-refractivity contribution in [1.29, 1.82) is 0 Å². The highest BCUT2D eigenvalue weighted by Gasteiger charge is 2.17. The van der Waals surface area contributed by atoms with Crippen LogP contribution in [-0.2, 0) is 9.53 Å². The summed E-state index contributed by atoms with van der Waals surface area (Å²) < 4.78 is 4.68. The number of carbonyl (C=O) groups excluding carboxylic acids is 2. The van der Waals surface area contributed by atoms with Gasteiger partial charge in [0, 0.05) is 6.04 Å².